The van der Waals surface area contributed by atoms with Gasteiger partial charge in [0.2, 0.25) is 0 Å². The number of rotatable bonds is 10. The zero-order chi connectivity index (χ0) is 13.1. The fraction of sp³-hybridized carbons (Fsp3) is 0.571. The Kier molecular flexibility index (Phi) is 8.65. The maximum Gasteiger partial charge on any atom is 0.119 e. The van der Waals surface area contributed by atoms with Crippen LogP contribution < -0.4 is 10.1 Å². The number of para-hydroxylation sites is 1. The molecule has 0 bridgehead atoms. The second kappa shape index (κ2) is 10.2. The quantitative estimate of drug-likeness (QED) is 0.524. The zero-order valence-corrected chi connectivity index (χ0v) is 11.7. The van der Waals surface area contributed by atoms with Crippen molar-refractivity contribution in [2.24, 2.45) is 0 Å². The highest BCUT2D eigenvalue weighted by Gasteiger charge is 2.05. The predicted molar refractivity (Wildman–Crippen MR) is 75.6 cm³/mol. The summed E-state index contributed by atoms with van der Waals surface area (Å²) >= 11 is 5.73. The van der Waals surface area contributed by atoms with Crippen molar-refractivity contribution >= 4 is 11.6 Å². The van der Waals surface area contributed by atoms with Crippen molar-refractivity contribution in [1.82, 2.24) is 5.32 Å². The van der Waals surface area contributed by atoms with Crippen molar-refractivity contribution in [2.75, 3.05) is 32.7 Å². The summed E-state index contributed by atoms with van der Waals surface area (Å²) in [6, 6.07) is 10.2. The molecule has 18 heavy (non-hydrogen) atoms. The fourth-order valence-corrected chi connectivity index (χ4v) is 1.93. The number of hydrogen-bond donors (Lipinski definition) is 1. The van der Waals surface area contributed by atoms with Crippen LogP contribution in [0.25, 0.3) is 0 Å². The van der Waals surface area contributed by atoms with E-state index in [-0.39, 0.29) is 0 Å². The molecule has 0 aliphatic heterocycles. The van der Waals surface area contributed by atoms with Gasteiger partial charge in [-0.15, -0.1) is 11.6 Å². The molecule has 1 N–H and O–H groups in total. The second-order valence-corrected chi connectivity index (χ2v) is 4.48. The Hall–Kier alpha value is -0.770. The van der Waals surface area contributed by atoms with Crippen LogP contribution in [0.4, 0.5) is 0 Å². The lowest BCUT2D eigenvalue weighted by atomic mass is 10.2. The van der Waals surface area contributed by atoms with Gasteiger partial charge in [-0.1, -0.05) is 18.2 Å². The van der Waals surface area contributed by atoms with Crippen molar-refractivity contribution < 1.29 is 9.47 Å². The second-order valence-electron chi connectivity index (χ2n) is 4.10. The van der Waals surface area contributed by atoms with E-state index in [1.54, 1.807) is 7.11 Å². The van der Waals surface area contributed by atoms with Crippen molar-refractivity contribution in [3.63, 3.8) is 0 Å². The number of hydrogen-bond acceptors (Lipinski definition) is 3. The normalized spacial score (nSPS) is 12.3. The Balaban J connectivity index is 2.06. The smallest absolute Gasteiger partial charge is 0.119 e. The van der Waals surface area contributed by atoms with Gasteiger partial charge in [0.25, 0.3) is 0 Å². The van der Waals surface area contributed by atoms with Crippen LogP contribution in [0.1, 0.15) is 12.8 Å². The number of nitrogens with one attached hydrogen (secondary N) is 1. The maximum atomic E-state index is 5.73. The van der Waals surface area contributed by atoms with E-state index in [1.165, 1.54) is 0 Å². The van der Waals surface area contributed by atoms with Crippen LogP contribution in [0.5, 0.6) is 5.75 Å². The van der Waals surface area contributed by atoms with E-state index in [0.717, 1.165) is 31.7 Å². The van der Waals surface area contributed by atoms with Crippen molar-refractivity contribution in [3.8, 4) is 5.75 Å². The van der Waals surface area contributed by atoms with Gasteiger partial charge in [-0.3, -0.25) is 0 Å². The van der Waals surface area contributed by atoms with Crippen LogP contribution in [-0.2, 0) is 4.74 Å². The summed E-state index contributed by atoms with van der Waals surface area (Å²) in [6.07, 6.45) is 1.90. The molecule has 0 amide bonds. The lowest BCUT2D eigenvalue weighted by Crippen LogP contribution is -2.34. The molecule has 102 valence electrons. The van der Waals surface area contributed by atoms with Gasteiger partial charge in [-0.2, -0.15) is 0 Å². The first-order chi connectivity index (χ1) is 8.86. The topological polar surface area (TPSA) is 30.5 Å². The van der Waals surface area contributed by atoms with Crippen molar-refractivity contribution in [3.05, 3.63) is 30.3 Å². The molecule has 0 spiro atoms. The molecule has 1 aromatic carbocycles. The van der Waals surface area contributed by atoms with Crippen LogP contribution in [0.3, 0.4) is 0 Å². The Morgan fingerprint density at radius 2 is 2.06 bits per heavy atom. The molecule has 0 aliphatic rings. The van der Waals surface area contributed by atoms with Gasteiger partial charge in [0.15, 0.2) is 0 Å². The lowest BCUT2D eigenvalue weighted by molar-refractivity contribution is 0.163. The first-order valence-electron chi connectivity index (χ1n) is 6.33. The van der Waals surface area contributed by atoms with E-state index < -0.39 is 0 Å². The summed E-state index contributed by atoms with van der Waals surface area (Å²) in [5.41, 5.74) is 0. The van der Waals surface area contributed by atoms with Crippen molar-refractivity contribution in [1.29, 1.82) is 0 Å². The molecule has 1 unspecified atom stereocenters. The maximum absolute atomic E-state index is 5.73. The molecule has 0 radical (unpaired) electrons. The van der Waals surface area contributed by atoms with Crippen molar-refractivity contribution in [2.45, 2.75) is 18.9 Å². The van der Waals surface area contributed by atoms with E-state index in [1.807, 2.05) is 30.3 Å². The average Bonchev–Trinajstić information content (AvgIpc) is 2.40. The summed E-state index contributed by atoms with van der Waals surface area (Å²) in [5, 5.41) is 3.42. The molecule has 1 aromatic rings. The van der Waals surface area contributed by atoms with E-state index in [0.29, 0.717) is 18.5 Å². The highest BCUT2D eigenvalue weighted by molar-refractivity contribution is 6.17. The van der Waals surface area contributed by atoms with Gasteiger partial charge < -0.3 is 14.8 Å². The molecule has 1 atom stereocenters. The SMILES string of the molecule is COCC(CCCl)NCCCOc1ccccc1. The molecule has 0 aliphatic carbocycles. The molecule has 0 saturated carbocycles. The molecule has 0 aromatic heterocycles. The number of ether oxygens (including phenoxy) is 2. The van der Waals surface area contributed by atoms with Gasteiger partial charge in [0.1, 0.15) is 5.75 Å². The number of methoxy groups -OCH3 is 1. The van der Waals surface area contributed by atoms with Crippen LogP contribution in [0, 0.1) is 0 Å². The van der Waals surface area contributed by atoms with Crippen LogP contribution in [0.15, 0.2) is 30.3 Å². The molecule has 0 fully saturated rings. The largest absolute Gasteiger partial charge is 0.494 e. The van der Waals surface area contributed by atoms with Gasteiger partial charge in [0, 0.05) is 19.0 Å². The van der Waals surface area contributed by atoms with E-state index in [9.17, 15) is 0 Å². The minimum Gasteiger partial charge on any atom is -0.494 e. The third-order valence-electron chi connectivity index (χ3n) is 2.59. The van der Waals surface area contributed by atoms with E-state index in [2.05, 4.69) is 5.32 Å². The summed E-state index contributed by atoms with van der Waals surface area (Å²) in [4.78, 5) is 0. The monoisotopic (exact) mass is 271 g/mol. The lowest BCUT2D eigenvalue weighted by Gasteiger charge is -2.16. The summed E-state index contributed by atoms with van der Waals surface area (Å²) in [5.74, 6) is 1.58. The third kappa shape index (κ3) is 6.84. The molecular formula is C14H22ClNO2. The summed E-state index contributed by atoms with van der Waals surface area (Å²) in [6.45, 7) is 2.33. The predicted octanol–water partition coefficient (Wildman–Crippen LogP) is 2.69. The molecule has 3 nitrogen and oxygen atoms in total. The van der Waals surface area contributed by atoms with Gasteiger partial charge >= 0.3 is 0 Å². The highest BCUT2D eigenvalue weighted by atomic mass is 35.5. The van der Waals surface area contributed by atoms with Gasteiger partial charge in [0.05, 0.1) is 13.2 Å². The Labute approximate surface area is 114 Å². The molecule has 0 heterocycles. The number of halogens is 1. The van der Waals surface area contributed by atoms with Crippen LogP contribution in [0.2, 0.25) is 0 Å². The number of alkyl halides is 1. The summed E-state index contributed by atoms with van der Waals surface area (Å²) < 4.78 is 10.7. The molecular weight excluding hydrogens is 250 g/mol. The first kappa shape index (κ1) is 15.3. The molecule has 4 heteroatoms. The average molecular weight is 272 g/mol. The minimum atomic E-state index is 0.337. The van der Waals surface area contributed by atoms with Gasteiger partial charge in [-0.25, -0.2) is 0 Å². The van der Waals surface area contributed by atoms with Crippen LogP contribution >= 0.6 is 11.6 Å². The first-order valence-corrected chi connectivity index (χ1v) is 6.86. The molecule has 1 rings (SSSR count). The Bertz CT molecular complexity index is 289. The fourth-order valence-electron chi connectivity index (χ4n) is 1.66. The van der Waals surface area contributed by atoms with E-state index in [4.69, 9.17) is 21.1 Å². The van der Waals surface area contributed by atoms with E-state index >= 15 is 0 Å². The zero-order valence-electron chi connectivity index (χ0n) is 10.9. The highest BCUT2D eigenvalue weighted by Crippen LogP contribution is 2.08. The standard InChI is InChI=1S/C14H22ClNO2/c1-17-12-13(8-9-15)16-10-5-11-18-14-6-3-2-4-7-14/h2-4,6-7,13,16H,5,8-12H2,1H3. The third-order valence-corrected chi connectivity index (χ3v) is 2.81. The minimum absolute atomic E-state index is 0.337. The molecule has 0 saturated heterocycles. The van der Waals surface area contributed by atoms with Gasteiger partial charge in [-0.05, 0) is 31.5 Å². The Morgan fingerprint density at radius 3 is 2.72 bits per heavy atom. The Morgan fingerprint density at radius 1 is 1.28 bits per heavy atom. The number of benzene rings is 1. The summed E-state index contributed by atoms with van der Waals surface area (Å²) in [7, 11) is 1.71. The van der Waals surface area contributed by atoms with Crippen LogP contribution in [-0.4, -0.2) is 38.8 Å².